The van der Waals surface area contributed by atoms with Gasteiger partial charge in [-0.2, -0.15) is 0 Å². The van der Waals surface area contributed by atoms with Crippen LogP contribution in [0.25, 0.3) is 0 Å². The number of hydrogen-bond acceptors (Lipinski definition) is 2. The van der Waals surface area contributed by atoms with Crippen molar-refractivity contribution in [2.24, 2.45) is 0 Å². The fraction of sp³-hybridized carbons (Fsp3) is 0.875. The van der Waals surface area contributed by atoms with Gasteiger partial charge in [0.15, 0.2) is 0 Å². The van der Waals surface area contributed by atoms with Crippen molar-refractivity contribution in [1.29, 1.82) is 0 Å². The molecule has 10 heavy (non-hydrogen) atoms. The number of hydrogen-bond donors (Lipinski definition) is 0. The Morgan fingerprint density at radius 1 is 1.60 bits per heavy atom. The summed E-state index contributed by atoms with van der Waals surface area (Å²) in [5.74, 6) is 0.411. The van der Waals surface area contributed by atoms with E-state index in [1.807, 2.05) is 0 Å². The summed E-state index contributed by atoms with van der Waals surface area (Å²) in [7, 11) is 0. The molecule has 58 valence electrons. The molecule has 0 unspecified atom stereocenters. The molecule has 1 saturated heterocycles. The summed E-state index contributed by atoms with van der Waals surface area (Å²) in [5.41, 5.74) is 0. The highest BCUT2D eigenvalue weighted by atomic mass is 16.1. The zero-order chi connectivity index (χ0) is 7.56. The molecule has 0 aromatic carbocycles. The molecule has 1 heterocycles. The number of nitrogens with zero attached hydrogens (tertiary/aromatic N) is 1. The lowest BCUT2D eigenvalue weighted by Crippen LogP contribution is -2.28. The number of ketones is 1. The molecule has 0 aliphatic carbocycles. The molecule has 1 aliphatic heterocycles. The van der Waals surface area contributed by atoms with E-state index in [4.69, 9.17) is 0 Å². The van der Waals surface area contributed by atoms with Crippen LogP contribution in [0.3, 0.4) is 0 Å². The molecule has 0 saturated carbocycles. The van der Waals surface area contributed by atoms with Crippen molar-refractivity contribution < 1.29 is 4.79 Å². The van der Waals surface area contributed by atoms with Gasteiger partial charge in [-0.05, 0) is 13.0 Å². The molecule has 0 aromatic heterocycles. The summed E-state index contributed by atoms with van der Waals surface area (Å²) in [6.07, 6.45) is 1.89. The maximum atomic E-state index is 10.9. The van der Waals surface area contributed by atoms with Crippen LogP contribution >= 0.6 is 0 Å². The summed E-state index contributed by atoms with van der Waals surface area (Å²) in [5, 5.41) is 0. The van der Waals surface area contributed by atoms with Crippen LogP contribution in [-0.4, -0.2) is 29.8 Å². The van der Waals surface area contributed by atoms with Crippen molar-refractivity contribution >= 4 is 5.78 Å². The number of Topliss-reactive ketones (excluding diaryl/α,β-unsaturated/α-hetero) is 1. The van der Waals surface area contributed by atoms with E-state index in [2.05, 4.69) is 18.7 Å². The van der Waals surface area contributed by atoms with Crippen molar-refractivity contribution in [3.05, 3.63) is 0 Å². The third-order valence-corrected chi connectivity index (χ3v) is 2.24. The first-order chi connectivity index (χ1) is 4.77. The molecule has 2 heteroatoms. The second kappa shape index (κ2) is 3.15. The van der Waals surface area contributed by atoms with Crippen LogP contribution in [0.2, 0.25) is 0 Å². The molecule has 1 aliphatic rings. The number of carbonyl (C=O) groups excluding carboxylic acids is 1. The van der Waals surface area contributed by atoms with E-state index >= 15 is 0 Å². The molecule has 1 fully saturated rings. The van der Waals surface area contributed by atoms with Crippen LogP contribution in [0.1, 0.15) is 26.7 Å². The van der Waals surface area contributed by atoms with Gasteiger partial charge in [0.1, 0.15) is 5.78 Å². The van der Waals surface area contributed by atoms with Crippen LogP contribution in [0.15, 0.2) is 0 Å². The molecule has 1 rings (SSSR count). The van der Waals surface area contributed by atoms with Crippen molar-refractivity contribution in [1.82, 2.24) is 4.90 Å². The summed E-state index contributed by atoms with van der Waals surface area (Å²) in [6.45, 7) is 5.96. The minimum absolute atomic E-state index is 0.411. The van der Waals surface area contributed by atoms with Gasteiger partial charge in [-0.25, -0.2) is 0 Å². The van der Waals surface area contributed by atoms with Gasteiger partial charge >= 0.3 is 0 Å². The monoisotopic (exact) mass is 141 g/mol. The zero-order valence-electron chi connectivity index (χ0n) is 6.76. The van der Waals surface area contributed by atoms with E-state index in [0.29, 0.717) is 18.4 Å². The molecule has 0 bridgehead atoms. The lowest BCUT2D eigenvalue weighted by molar-refractivity contribution is -0.116. The fourth-order valence-corrected chi connectivity index (χ4v) is 1.58. The average Bonchev–Trinajstić information content (AvgIpc) is 2.30. The first-order valence-electron chi connectivity index (χ1n) is 4.03. The van der Waals surface area contributed by atoms with Gasteiger partial charge in [-0.3, -0.25) is 9.69 Å². The van der Waals surface area contributed by atoms with Crippen LogP contribution in [0, 0.1) is 0 Å². The van der Waals surface area contributed by atoms with Crippen molar-refractivity contribution in [3.63, 3.8) is 0 Å². The van der Waals surface area contributed by atoms with Crippen molar-refractivity contribution in [2.75, 3.05) is 13.1 Å². The summed E-state index contributed by atoms with van der Waals surface area (Å²) in [6, 6.07) is 0.539. The highest BCUT2D eigenvalue weighted by Crippen LogP contribution is 2.15. The topological polar surface area (TPSA) is 20.3 Å². The SMILES string of the molecule is CC[C@@H]1CC(=O)CN1CC. The summed E-state index contributed by atoms with van der Waals surface area (Å²) in [4.78, 5) is 13.2. The minimum atomic E-state index is 0.411. The first kappa shape index (κ1) is 7.73. The second-order valence-corrected chi connectivity index (χ2v) is 2.87. The van der Waals surface area contributed by atoms with E-state index < -0.39 is 0 Å². The number of likely N-dealkylation sites (N-methyl/N-ethyl adjacent to an activating group) is 1. The molecule has 0 amide bonds. The normalized spacial score (nSPS) is 27.8. The van der Waals surface area contributed by atoms with Gasteiger partial charge in [-0.15, -0.1) is 0 Å². The van der Waals surface area contributed by atoms with E-state index in [-0.39, 0.29) is 0 Å². The predicted octanol–water partition coefficient (Wildman–Crippen LogP) is 1.06. The third kappa shape index (κ3) is 1.37. The predicted molar refractivity (Wildman–Crippen MR) is 41.0 cm³/mol. The Balaban J connectivity index is 2.48. The maximum absolute atomic E-state index is 10.9. The maximum Gasteiger partial charge on any atom is 0.148 e. The Kier molecular flexibility index (Phi) is 2.44. The minimum Gasteiger partial charge on any atom is -0.298 e. The van der Waals surface area contributed by atoms with Crippen LogP contribution in [-0.2, 0) is 4.79 Å². The molecular formula is C8H15NO. The number of rotatable bonds is 2. The molecule has 0 spiro atoms. The molecule has 2 nitrogen and oxygen atoms in total. The lowest BCUT2D eigenvalue weighted by atomic mass is 10.1. The van der Waals surface area contributed by atoms with Gasteiger partial charge in [0.05, 0.1) is 6.54 Å². The third-order valence-electron chi connectivity index (χ3n) is 2.24. The first-order valence-corrected chi connectivity index (χ1v) is 4.03. The molecular weight excluding hydrogens is 126 g/mol. The van der Waals surface area contributed by atoms with Gasteiger partial charge in [0, 0.05) is 12.5 Å². The lowest BCUT2D eigenvalue weighted by Gasteiger charge is -2.19. The van der Waals surface area contributed by atoms with Crippen LogP contribution in [0.5, 0.6) is 0 Å². The average molecular weight is 141 g/mol. The van der Waals surface area contributed by atoms with E-state index in [1.165, 1.54) is 0 Å². The van der Waals surface area contributed by atoms with Gasteiger partial charge in [-0.1, -0.05) is 13.8 Å². The largest absolute Gasteiger partial charge is 0.298 e. The van der Waals surface area contributed by atoms with Crippen molar-refractivity contribution in [2.45, 2.75) is 32.7 Å². The number of likely N-dealkylation sites (tertiary alicyclic amines) is 1. The smallest absolute Gasteiger partial charge is 0.148 e. The van der Waals surface area contributed by atoms with E-state index in [1.54, 1.807) is 0 Å². The Hall–Kier alpha value is -0.370. The second-order valence-electron chi connectivity index (χ2n) is 2.87. The quantitative estimate of drug-likeness (QED) is 0.573. The molecule has 0 radical (unpaired) electrons. The Bertz CT molecular complexity index is 119. The Morgan fingerprint density at radius 3 is 2.70 bits per heavy atom. The number of carbonyl (C=O) groups is 1. The van der Waals surface area contributed by atoms with E-state index in [0.717, 1.165) is 19.4 Å². The zero-order valence-corrected chi connectivity index (χ0v) is 6.76. The fourth-order valence-electron chi connectivity index (χ4n) is 1.58. The van der Waals surface area contributed by atoms with Gasteiger partial charge in [0.2, 0.25) is 0 Å². The van der Waals surface area contributed by atoms with Crippen LogP contribution < -0.4 is 0 Å². The standard InChI is InChI=1S/C8H15NO/c1-3-7-5-8(10)6-9(7)4-2/h7H,3-6H2,1-2H3/t7-/m1/s1. The molecule has 0 aromatic rings. The Morgan fingerprint density at radius 2 is 2.30 bits per heavy atom. The van der Waals surface area contributed by atoms with Gasteiger partial charge in [0.25, 0.3) is 0 Å². The summed E-state index contributed by atoms with van der Waals surface area (Å²) >= 11 is 0. The summed E-state index contributed by atoms with van der Waals surface area (Å²) < 4.78 is 0. The van der Waals surface area contributed by atoms with E-state index in [9.17, 15) is 4.79 Å². The van der Waals surface area contributed by atoms with Gasteiger partial charge < -0.3 is 0 Å². The van der Waals surface area contributed by atoms with Crippen LogP contribution in [0.4, 0.5) is 0 Å². The highest BCUT2D eigenvalue weighted by Gasteiger charge is 2.27. The molecule has 1 atom stereocenters. The molecule has 0 N–H and O–H groups in total. The Labute approximate surface area is 62.2 Å². The van der Waals surface area contributed by atoms with Crippen molar-refractivity contribution in [3.8, 4) is 0 Å². The highest BCUT2D eigenvalue weighted by molar-refractivity contribution is 5.83.